The highest BCUT2D eigenvalue weighted by Gasteiger charge is 2.60. The van der Waals surface area contributed by atoms with Gasteiger partial charge in [-0.2, -0.15) is 0 Å². The molecule has 1 saturated carbocycles. The number of rotatable bonds is 0. The molecule has 0 nitrogen and oxygen atoms in total. The van der Waals surface area contributed by atoms with Gasteiger partial charge in [-0.3, -0.25) is 0 Å². The lowest BCUT2D eigenvalue weighted by atomic mass is 9.64. The Morgan fingerprint density at radius 2 is 1.29 bits per heavy atom. The normalized spacial score (nSPS) is 27.6. The fourth-order valence-electron chi connectivity index (χ4n) is 2.35. The van der Waals surface area contributed by atoms with Gasteiger partial charge in [-0.25, -0.2) is 0 Å². The lowest BCUT2D eigenvalue weighted by Crippen LogP contribution is -2.33. The molecule has 1 heteroatoms. The van der Waals surface area contributed by atoms with Crippen LogP contribution >= 0.6 is 24.0 Å². The van der Waals surface area contributed by atoms with Crippen molar-refractivity contribution in [1.29, 1.82) is 0 Å². The molecule has 0 N–H and O–H groups in total. The van der Waals surface area contributed by atoms with Gasteiger partial charge in [0.25, 0.3) is 0 Å². The topological polar surface area (TPSA) is 0 Å². The van der Waals surface area contributed by atoms with E-state index in [0.717, 1.165) is 0 Å². The number of hydrogen-bond acceptors (Lipinski definition) is 0. The Bertz CT molecular complexity index is 209. The van der Waals surface area contributed by atoms with E-state index in [4.69, 9.17) is 0 Å². The quantitative estimate of drug-likeness (QED) is 0.435. The van der Waals surface area contributed by atoms with Crippen LogP contribution < -0.4 is 0 Å². The van der Waals surface area contributed by atoms with Crippen LogP contribution in [0.15, 0.2) is 12.2 Å². The van der Waals surface area contributed by atoms with Gasteiger partial charge in [0.2, 0.25) is 0 Å². The number of halogens is 1. The molecule has 0 bridgehead atoms. The molecule has 0 saturated heterocycles. The van der Waals surface area contributed by atoms with Crippen molar-refractivity contribution in [3.8, 4) is 0 Å². The molecule has 2 aliphatic rings. The van der Waals surface area contributed by atoms with E-state index >= 15 is 0 Å². The summed E-state index contributed by atoms with van der Waals surface area (Å²) in [4.78, 5) is 0. The maximum absolute atomic E-state index is 2.47. The van der Waals surface area contributed by atoms with E-state index in [2.05, 4.69) is 39.8 Å². The summed E-state index contributed by atoms with van der Waals surface area (Å²) in [7, 11) is 0. The molecule has 1 fully saturated rings. The van der Waals surface area contributed by atoms with Crippen molar-refractivity contribution in [1.82, 2.24) is 0 Å². The van der Waals surface area contributed by atoms with Gasteiger partial charge in [-0.1, -0.05) is 53.7 Å². The fourth-order valence-corrected chi connectivity index (χ4v) is 2.35. The van der Waals surface area contributed by atoms with Crippen LogP contribution in [0.2, 0.25) is 0 Å². The first kappa shape index (κ1) is 14.5. The van der Waals surface area contributed by atoms with Gasteiger partial charge in [-0.05, 0) is 29.1 Å². The van der Waals surface area contributed by atoms with Crippen LogP contribution in [0, 0.1) is 16.2 Å². The van der Waals surface area contributed by atoms with Gasteiger partial charge >= 0.3 is 0 Å². The van der Waals surface area contributed by atoms with Crippen molar-refractivity contribution in [2.75, 3.05) is 0 Å². The van der Waals surface area contributed by atoms with Crippen LogP contribution in [0.25, 0.3) is 0 Å². The SMILES string of the molecule is CC.CC1(C)C=CC2(CC2)C1(C)C.I. The van der Waals surface area contributed by atoms with Crippen molar-refractivity contribution in [3.05, 3.63) is 12.2 Å². The molecule has 14 heavy (non-hydrogen) atoms. The summed E-state index contributed by atoms with van der Waals surface area (Å²) in [6.07, 6.45) is 7.72. The molecule has 2 rings (SSSR count). The third-order valence-corrected chi connectivity index (χ3v) is 4.46. The van der Waals surface area contributed by atoms with E-state index in [1.54, 1.807) is 0 Å². The maximum atomic E-state index is 2.47. The predicted molar refractivity (Wildman–Crippen MR) is 75.1 cm³/mol. The minimum absolute atomic E-state index is 0. The molecular weight excluding hydrogens is 283 g/mol. The molecule has 0 radical (unpaired) electrons. The summed E-state index contributed by atoms with van der Waals surface area (Å²) >= 11 is 0. The fraction of sp³-hybridized carbons (Fsp3) is 0.846. The van der Waals surface area contributed by atoms with Crippen molar-refractivity contribution >= 4 is 24.0 Å². The summed E-state index contributed by atoms with van der Waals surface area (Å²) in [6.45, 7) is 13.5. The smallest absolute Gasteiger partial charge is 0.00582 e. The molecule has 1 spiro atoms. The van der Waals surface area contributed by atoms with Gasteiger partial charge in [0.1, 0.15) is 0 Å². The van der Waals surface area contributed by atoms with Crippen LogP contribution in [0.3, 0.4) is 0 Å². The zero-order valence-electron chi connectivity index (χ0n) is 10.5. The lowest BCUT2D eigenvalue weighted by molar-refractivity contribution is 0.115. The van der Waals surface area contributed by atoms with Crippen LogP contribution in [-0.2, 0) is 0 Å². The summed E-state index contributed by atoms with van der Waals surface area (Å²) < 4.78 is 0. The second kappa shape index (κ2) is 4.15. The molecule has 0 atom stereocenters. The van der Waals surface area contributed by atoms with Crippen molar-refractivity contribution in [2.24, 2.45) is 16.2 Å². The molecule has 0 aliphatic heterocycles. The highest BCUT2D eigenvalue weighted by molar-refractivity contribution is 14.0. The summed E-state index contributed by atoms with van der Waals surface area (Å²) in [5.74, 6) is 0. The average Bonchev–Trinajstić information content (AvgIpc) is 2.82. The third-order valence-electron chi connectivity index (χ3n) is 4.46. The van der Waals surface area contributed by atoms with Crippen LogP contribution in [0.5, 0.6) is 0 Å². The van der Waals surface area contributed by atoms with Gasteiger partial charge in [-0.15, -0.1) is 24.0 Å². The summed E-state index contributed by atoms with van der Waals surface area (Å²) in [5.41, 5.74) is 1.49. The molecule has 84 valence electrons. The van der Waals surface area contributed by atoms with Crippen molar-refractivity contribution in [2.45, 2.75) is 54.4 Å². The largest absolute Gasteiger partial charge is 0.107 e. The number of hydrogen-bond donors (Lipinski definition) is 0. The Hall–Kier alpha value is 0.470. The monoisotopic (exact) mass is 308 g/mol. The summed E-state index contributed by atoms with van der Waals surface area (Å²) in [5, 5.41) is 0. The van der Waals surface area contributed by atoms with Gasteiger partial charge in [0, 0.05) is 0 Å². The Labute approximate surface area is 107 Å². The zero-order chi connectivity index (χ0) is 10.3. The second-order valence-electron chi connectivity index (χ2n) is 5.34. The first-order valence-electron chi connectivity index (χ1n) is 5.62. The van der Waals surface area contributed by atoms with Gasteiger partial charge in [0.05, 0.1) is 0 Å². The van der Waals surface area contributed by atoms with Crippen molar-refractivity contribution < 1.29 is 0 Å². The standard InChI is InChI=1S/C11H18.C2H6.HI/c1-9(2)5-6-11(7-8-11)10(9,3)4;1-2;/h5-6H,7-8H2,1-4H3;1-2H3;1H. The number of allylic oxidation sites excluding steroid dienone is 2. The molecule has 0 unspecified atom stereocenters. The molecule has 0 aromatic rings. The molecule has 0 amide bonds. The van der Waals surface area contributed by atoms with Crippen LogP contribution in [0.4, 0.5) is 0 Å². The van der Waals surface area contributed by atoms with Gasteiger partial charge in [0.15, 0.2) is 0 Å². The van der Waals surface area contributed by atoms with Gasteiger partial charge < -0.3 is 0 Å². The van der Waals surface area contributed by atoms with E-state index in [9.17, 15) is 0 Å². The Morgan fingerprint density at radius 1 is 0.857 bits per heavy atom. The molecule has 0 aromatic heterocycles. The van der Waals surface area contributed by atoms with Crippen LogP contribution in [0.1, 0.15) is 54.4 Å². The van der Waals surface area contributed by atoms with E-state index in [0.29, 0.717) is 16.2 Å². The highest BCUT2D eigenvalue weighted by atomic mass is 127. The lowest BCUT2D eigenvalue weighted by Gasteiger charge is -2.39. The second-order valence-corrected chi connectivity index (χ2v) is 5.34. The highest BCUT2D eigenvalue weighted by Crippen LogP contribution is 2.69. The van der Waals surface area contributed by atoms with E-state index < -0.39 is 0 Å². The predicted octanol–water partition coefficient (Wildman–Crippen LogP) is 5.03. The summed E-state index contributed by atoms with van der Waals surface area (Å²) in [6, 6.07) is 0. The molecule has 0 aromatic carbocycles. The Kier molecular flexibility index (Phi) is 4.29. The Balaban J connectivity index is 0.000000531. The zero-order valence-corrected chi connectivity index (χ0v) is 12.8. The first-order valence-corrected chi connectivity index (χ1v) is 5.62. The van der Waals surface area contributed by atoms with Crippen molar-refractivity contribution in [3.63, 3.8) is 0 Å². The van der Waals surface area contributed by atoms with Crippen LogP contribution in [-0.4, -0.2) is 0 Å². The first-order chi connectivity index (χ1) is 5.91. The molecule has 2 aliphatic carbocycles. The third kappa shape index (κ3) is 1.77. The van der Waals surface area contributed by atoms with E-state index in [1.165, 1.54) is 12.8 Å². The maximum Gasteiger partial charge on any atom is -0.00582 e. The van der Waals surface area contributed by atoms with E-state index in [1.807, 2.05) is 13.8 Å². The molecular formula is C13H25I. The van der Waals surface area contributed by atoms with E-state index in [-0.39, 0.29) is 24.0 Å². The Morgan fingerprint density at radius 3 is 1.43 bits per heavy atom. The minimum Gasteiger partial charge on any atom is -0.107 e. The minimum atomic E-state index is 0. The molecule has 0 heterocycles. The average molecular weight is 308 g/mol.